The van der Waals surface area contributed by atoms with Crippen LogP contribution in [0.15, 0.2) is 12.2 Å². The molecule has 1 saturated heterocycles. The van der Waals surface area contributed by atoms with Gasteiger partial charge in [0.1, 0.15) is 6.10 Å². The smallest absolute Gasteiger partial charge is 0.306 e. The van der Waals surface area contributed by atoms with E-state index in [0.29, 0.717) is 12.8 Å². The van der Waals surface area contributed by atoms with Gasteiger partial charge in [-0.15, -0.1) is 0 Å². The van der Waals surface area contributed by atoms with E-state index >= 15 is 0 Å². The fourth-order valence-electron chi connectivity index (χ4n) is 3.14. The molecule has 0 aromatic heterocycles. The lowest BCUT2D eigenvalue weighted by Crippen LogP contribution is -2.18. The Morgan fingerprint density at radius 2 is 2.26 bits per heavy atom. The third-order valence-corrected chi connectivity index (χ3v) is 4.23. The van der Waals surface area contributed by atoms with Crippen molar-refractivity contribution < 1.29 is 19.7 Å². The maximum absolute atomic E-state index is 11.2. The number of hydrogen-bond acceptors (Lipinski definition) is 4. The zero-order valence-electron chi connectivity index (χ0n) is 11.5. The molecular weight excluding hydrogens is 244 g/mol. The van der Waals surface area contributed by atoms with Crippen LogP contribution in [-0.2, 0) is 9.53 Å². The molecule has 0 unspecified atom stereocenters. The van der Waals surface area contributed by atoms with Crippen LogP contribution in [0.5, 0.6) is 0 Å². The Labute approximate surface area is 114 Å². The van der Waals surface area contributed by atoms with Crippen LogP contribution in [0.2, 0.25) is 0 Å². The van der Waals surface area contributed by atoms with Crippen LogP contribution < -0.4 is 0 Å². The second-order valence-corrected chi connectivity index (χ2v) is 5.72. The third kappa shape index (κ3) is 3.57. The Morgan fingerprint density at radius 1 is 1.47 bits per heavy atom. The van der Waals surface area contributed by atoms with Gasteiger partial charge in [0.05, 0.1) is 18.6 Å². The molecule has 0 amide bonds. The number of fused-ring (bicyclic) bond motifs is 1. The van der Waals surface area contributed by atoms with E-state index < -0.39 is 12.2 Å². The normalized spacial score (nSPS) is 35.6. The molecule has 2 fully saturated rings. The van der Waals surface area contributed by atoms with Crippen LogP contribution in [0.4, 0.5) is 0 Å². The minimum atomic E-state index is -0.456. The summed E-state index contributed by atoms with van der Waals surface area (Å²) in [5.41, 5.74) is 0. The van der Waals surface area contributed by atoms with E-state index in [0.717, 1.165) is 25.7 Å². The number of esters is 1. The molecule has 0 aromatic rings. The zero-order valence-corrected chi connectivity index (χ0v) is 11.5. The first kappa shape index (κ1) is 14.5. The topological polar surface area (TPSA) is 66.8 Å². The van der Waals surface area contributed by atoms with E-state index in [1.165, 1.54) is 0 Å². The highest BCUT2D eigenvalue weighted by Gasteiger charge is 2.48. The van der Waals surface area contributed by atoms with Gasteiger partial charge in [0.15, 0.2) is 0 Å². The standard InChI is InChI=1S/C15H24O4/c1-2-3-4-5-10(16)6-7-11-12-8-15(18)19-14(12)9-13(11)17/h6-7,10-14,16-17H,2-5,8-9H2,1H3/b7-6+/t10-,11+,12+,13+,14+/m0/s1. The average molecular weight is 268 g/mol. The van der Waals surface area contributed by atoms with Crippen LogP contribution >= 0.6 is 0 Å². The van der Waals surface area contributed by atoms with E-state index in [1.807, 2.05) is 6.08 Å². The zero-order chi connectivity index (χ0) is 13.8. The number of carbonyl (C=O) groups excluding carboxylic acids is 1. The quantitative estimate of drug-likeness (QED) is 0.438. The van der Waals surface area contributed by atoms with Gasteiger partial charge < -0.3 is 14.9 Å². The SMILES string of the molecule is CCCCC[C@H](O)/C=C/[C@@H]1[C@H]2CC(=O)O[C@@H]2C[C@H]1O. The van der Waals surface area contributed by atoms with Crippen molar-refractivity contribution in [3.8, 4) is 0 Å². The van der Waals surface area contributed by atoms with Gasteiger partial charge in [0.25, 0.3) is 0 Å². The lowest BCUT2D eigenvalue weighted by molar-refractivity contribution is -0.141. The van der Waals surface area contributed by atoms with Crippen LogP contribution in [0.3, 0.4) is 0 Å². The average Bonchev–Trinajstić information content (AvgIpc) is 2.82. The predicted molar refractivity (Wildman–Crippen MR) is 71.4 cm³/mol. The van der Waals surface area contributed by atoms with E-state index in [-0.39, 0.29) is 23.9 Å². The molecule has 19 heavy (non-hydrogen) atoms. The molecule has 4 nitrogen and oxygen atoms in total. The molecular formula is C15H24O4. The summed E-state index contributed by atoms with van der Waals surface area (Å²) in [7, 11) is 0. The highest BCUT2D eigenvalue weighted by Crippen LogP contribution is 2.42. The summed E-state index contributed by atoms with van der Waals surface area (Å²) in [6.45, 7) is 2.13. The first-order chi connectivity index (χ1) is 9.11. The molecule has 0 aromatic carbocycles. The number of ether oxygens (including phenoxy) is 1. The van der Waals surface area contributed by atoms with E-state index in [4.69, 9.17) is 4.74 Å². The Kier molecular flexibility index (Phi) is 4.99. The summed E-state index contributed by atoms with van der Waals surface area (Å²) < 4.78 is 5.18. The number of carbonyl (C=O) groups is 1. The van der Waals surface area contributed by atoms with Crippen LogP contribution in [-0.4, -0.2) is 34.5 Å². The molecule has 2 rings (SSSR count). The first-order valence-corrected chi connectivity index (χ1v) is 7.35. The highest BCUT2D eigenvalue weighted by atomic mass is 16.6. The molecule has 2 N–H and O–H groups in total. The monoisotopic (exact) mass is 268 g/mol. The Morgan fingerprint density at radius 3 is 3.00 bits per heavy atom. The molecule has 4 heteroatoms. The van der Waals surface area contributed by atoms with Crippen molar-refractivity contribution in [2.75, 3.05) is 0 Å². The maximum Gasteiger partial charge on any atom is 0.306 e. The van der Waals surface area contributed by atoms with Crippen LogP contribution in [0, 0.1) is 11.8 Å². The molecule has 5 atom stereocenters. The summed E-state index contributed by atoms with van der Waals surface area (Å²) >= 11 is 0. The van der Waals surface area contributed by atoms with Crippen molar-refractivity contribution in [2.24, 2.45) is 11.8 Å². The number of hydrogen-bond donors (Lipinski definition) is 2. The highest BCUT2D eigenvalue weighted by molar-refractivity contribution is 5.72. The number of aliphatic hydroxyl groups excluding tert-OH is 2. The summed E-state index contributed by atoms with van der Waals surface area (Å²) in [4.78, 5) is 11.2. The lowest BCUT2D eigenvalue weighted by atomic mass is 9.91. The summed E-state index contributed by atoms with van der Waals surface area (Å²) in [5.74, 6) is -0.136. The summed E-state index contributed by atoms with van der Waals surface area (Å²) in [5, 5.41) is 19.8. The fraction of sp³-hybridized carbons (Fsp3) is 0.800. The molecule has 2 aliphatic rings. The van der Waals surface area contributed by atoms with Crippen molar-refractivity contribution in [1.29, 1.82) is 0 Å². The van der Waals surface area contributed by atoms with Gasteiger partial charge in [-0.25, -0.2) is 0 Å². The largest absolute Gasteiger partial charge is 0.462 e. The van der Waals surface area contributed by atoms with Gasteiger partial charge in [0.2, 0.25) is 0 Å². The molecule has 0 radical (unpaired) electrons. The third-order valence-electron chi connectivity index (χ3n) is 4.23. The number of unbranched alkanes of at least 4 members (excludes halogenated alkanes) is 2. The minimum Gasteiger partial charge on any atom is -0.462 e. The molecule has 0 spiro atoms. The van der Waals surface area contributed by atoms with Gasteiger partial charge in [-0.3, -0.25) is 4.79 Å². The van der Waals surface area contributed by atoms with Crippen molar-refractivity contribution in [3.63, 3.8) is 0 Å². The van der Waals surface area contributed by atoms with Gasteiger partial charge in [-0.1, -0.05) is 38.3 Å². The molecule has 1 aliphatic heterocycles. The van der Waals surface area contributed by atoms with Gasteiger partial charge >= 0.3 is 5.97 Å². The maximum atomic E-state index is 11.2. The Hall–Kier alpha value is -0.870. The lowest BCUT2D eigenvalue weighted by Gasteiger charge is -2.15. The minimum absolute atomic E-state index is 0.0581. The first-order valence-electron chi connectivity index (χ1n) is 7.35. The number of rotatable bonds is 6. The molecule has 0 bridgehead atoms. The van der Waals surface area contributed by atoms with Crippen LogP contribution in [0.1, 0.15) is 45.4 Å². The van der Waals surface area contributed by atoms with Crippen molar-refractivity contribution in [2.45, 2.75) is 63.8 Å². The van der Waals surface area contributed by atoms with Crippen molar-refractivity contribution >= 4 is 5.97 Å². The fourth-order valence-corrected chi connectivity index (χ4v) is 3.14. The molecule has 1 aliphatic carbocycles. The molecule has 1 heterocycles. The Balaban J connectivity index is 1.85. The predicted octanol–water partition coefficient (Wildman–Crippen LogP) is 1.80. The second-order valence-electron chi connectivity index (χ2n) is 5.72. The molecule has 1 saturated carbocycles. The van der Waals surface area contributed by atoms with Gasteiger partial charge in [0, 0.05) is 18.3 Å². The van der Waals surface area contributed by atoms with E-state index in [9.17, 15) is 15.0 Å². The van der Waals surface area contributed by atoms with E-state index in [2.05, 4.69) is 6.92 Å². The summed E-state index contributed by atoms with van der Waals surface area (Å²) in [6, 6.07) is 0. The number of aliphatic hydroxyl groups is 2. The van der Waals surface area contributed by atoms with E-state index in [1.54, 1.807) is 6.08 Å². The van der Waals surface area contributed by atoms with Crippen molar-refractivity contribution in [3.05, 3.63) is 12.2 Å². The van der Waals surface area contributed by atoms with Gasteiger partial charge in [-0.2, -0.15) is 0 Å². The molecule has 108 valence electrons. The second kappa shape index (κ2) is 6.53. The van der Waals surface area contributed by atoms with Crippen molar-refractivity contribution in [1.82, 2.24) is 0 Å². The Bertz CT molecular complexity index is 339. The van der Waals surface area contributed by atoms with Gasteiger partial charge in [-0.05, 0) is 6.42 Å². The van der Waals surface area contributed by atoms with Crippen LogP contribution in [0.25, 0.3) is 0 Å². The summed E-state index contributed by atoms with van der Waals surface area (Å²) in [6.07, 6.45) is 7.58.